The molecule has 10 heteroatoms. The number of piperazine rings is 1. The smallest absolute Gasteiger partial charge is 0.338 e. The van der Waals surface area contributed by atoms with E-state index < -0.39 is 12.0 Å². The Morgan fingerprint density at radius 3 is 2.67 bits per heavy atom. The molecule has 10 nitrogen and oxygen atoms in total. The summed E-state index contributed by atoms with van der Waals surface area (Å²) < 4.78 is 10.7. The third-order valence-corrected chi connectivity index (χ3v) is 5.07. The first kappa shape index (κ1) is 19.9. The van der Waals surface area contributed by atoms with Crippen LogP contribution in [0.4, 0.5) is 10.7 Å². The summed E-state index contributed by atoms with van der Waals surface area (Å²) in [5.41, 5.74) is 0.892. The standard InChI is InChI=1S/C20H24N6O4/c1-2-29-18(27)16-14(23-20(28)24-17(16)15-5-3-12-30-15)13-25-8-10-26(11-9-25)19-21-6-4-7-22-19/h3-7,12,17H,2,8-11,13H2,1H3,(H2,23,24,28)/t17-/m0/s1. The van der Waals surface area contributed by atoms with Gasteiger partial charge in [0.1, 0.15) is 11.8 Å². The van der Waals surface area contributed by atoms with E-state index in [0.717, 1.165) is 26.2 Å². The lowest BCUT2D eigenvalue weighted by Gasteiger charge is -2.36. The number of ether oxygens (including phenoxy) is 1. The highest BCUT2D eigenvalue weighted by atomic mass is 16.5. The second kappa shape index (κ2) is 8.95. The molecule has 1 saturated heterocycles. The van der Waals surface area contributed by atoms with Gasteiger partial charge in [-0.25, -0.2) is 19.6 Å². The zero-order valence-corrected chi connectivity index (χ0v) is 16.7. The van der Waals surface area contributed by atoms with Gasteiger partial charge in [-0.1, -0.05) is 0 Å². The summed E-state index contributed by atoms with van der Waals surface area (Å²) in [5.74, 6) is 0.714. The van der Waals surface area contributed by atoms with Crippen molar-refractivity contribution in [2.75, 3.05) is 44.2 Å². The van der Waals surface area contributed by atoms with Gasteiger partial charge in [0.05, 0.1) is 18.4 Å². The second-order valence-electron chi connectivity index (χ2n) is 6.97. The summed E-state index contributed by atoms with van der Waals surface area (Å²) in [6.07, 6.45) is 4.96. The molecule has 2 aliphatic heterocycles. The van der Waals surface area contributed by atoms with E-state index in [1.807, 2.05) is 0 Å². The fraction of sp³-hybridized carbons (Fsp3) is 0.400. The molecule has 4 heterocycles. The van der Waals surface area contributed by atoms with E-state index >= 15 is 0 Å². The molecule has 2 N–H and O–H groups in total. The molecule has 0 unspecified atom stereocenters. The first-order chi connectivity index (χ1) is 14.7. The summed E-state index contributed by atoms with van der Waals surface area (Å²) in [5, 5.41) is 5.55. The molecule has 158 valence electrons. The van der Waals surface area contributed by atoms with Crippen molar-refractivity contribution in [1.29, 1.82) is 0 Å². The highest BCUT2D eigenvalue weighted by Gasteiger charge is 2.36. The minimum Gasteiger partial charge on any atom is -0.467 e. The Hall–Kier alpha value is -3.40. The fourth-order valence-corrected chi connectivity index (χ4v) is 3.65. The van der Waals surface area contributed by atoms with Gasteiger partial charge >= 0.3 is 12.0 Å². The van der Waals surface area contributed by atoms with Crippen LogP contribution in [0, 0.1) is 0 Å². The number of hydrogen-bond acceptors (Lipinski definition) is 8. The second-order valence-corrected chi connectivity index (χ2v) is 6.97. The number of carbonyl (C=O) groups is 2. The van der Waals surface area contributed by atoms with E-state index in [0.29, 0.717) is 29.5 Å². The quantitative estimate of drug-likeness (QED) is 0.678. The summed E-state index contributed by atoms with van der Waals surface area (Å²) in [6.45, 7) is 5.39. The lowest BCUT2D eigenvalue weighted by atomic mass is 9.99. The number of rotatable bonds is 6. The van der Waals surface area contributed by atoms with Crippen molar-refractivity contribution in [2.45, 2.75) is 13.0 Å². The van der Waals surface area contributed by atoms with Gasteiger partial charge in [0, 0.05) is 50.8 Å². The fourth-order valence-electron chi connectivity index (χ4n) is 3.65. The average Bonchev–Trinajstić information content (AvgIpc) is 3.29. The van der Waals surface area contributed by atoms with Crippen LogP contribution in [0.15, 0.2) is 52.5 Å². The predicted molar refractivity (Wildman–Crippen MR) is 107 cm³/mol. The first-order valence-electron chi connectivity index (χ1n) is 9.91. The summed E-state index contributed by atoms with van der Waals surface area (Å²) in [7, 11) is 0. The molecule has 2 aromatic rings. The average molecular weight is 412 g/mol. The summed E-state index contributed by atoms with van der Waals surface area (Å²) in [4.78, 5) is 37.9. The molecule has 0 saturated carbocycles. The van der Waals surface area contributed by atoms with Crippen LogP contribution in [-0.2, 0) is 9.53 Å². The number of nitrogens with one attached hydrogen (secondary N) is 2. The van der Waals surface area contributed by atoms with Crippen LogP contribution in [0.25, 0.3) is 0 Å². The number of carbonyl (C=O) groups excluding carboxylic acids is 2. The third kappa shape index (κ3) is 4.28. The molecule has 0 radical (unpaired) electrons. The van der Waals surface area contributed by atoms with Gasteiger partial charge in [-0.2, -0.15) is 0 Å². The van der Waals surface area contributed by atoms with Crippen molar-refractivity contribution in [3.8, 4) is 0 Å². The Morgan fingerprint density at radius 1 is 1.23 bits per heavy atom. The molecule has 2 aromatic heterocycles. The van der Waals surface area contributed by atoms with E-state index in [1.165, 1.54) is 6.26 Å². The highest BCUT2D eigenvalue weighted by molar-refractivity contribution is 5.95. The monoisotopic (exact) mass is 412 g/mol. The molecule has 1 atom stereocenters. The molecular weight excluding hydrogens is 388 g/mol. The minimum absolute atomic E-state index is 0.240. The molecule has 0 aliphatic carbocycles. The van der Waals surface area contributed by atoms with Crippen molar-refractivity contribution in [1.82, 2.24) is 25.5 Å². The molecule has 2 amide bonds. The van der Waals surface area contributed by atoms with Crippen LogP contribution < -0.4 is 15.5 Å². The van der Waals surface area contributed by atoms with Crippen molar-refractivity contribution in [3.63, 3.8) is 0 Å². The van der Waals surface area contributed by atoms with Crippen molar-refractivity contribution in [2.24, 2.45) is 0 Å². The number of urea groups is 1. The molecule has 0 spiro atoms. The van der Waals surface area contributed by atoms with Gasteiger partial charge in [0.25, 0.3) is 0 Å². The number of hydrogen-bond donors (Lipinski definition) is 2. The Labute approximate surface area is 173 Å². The van der Waals surface area contributed by atoms with Gasteiger partial charge in [-0.15, -0.1) is 0 Å². The van der Waals surface area contributed by atoms with Gasteiger partial charge < -0.3 is 24.7 Å². The van der Waals surface area contributed by atoms with Gasteiger partial charge in [-0.3, -0.25) is 4.90 Å². The Kier molecular flexibility index (Phi) is 5.94. The van der Waals surface area contributed by atoms with Gasteiger partial charge in [-0.05, 0) is 25.1 Å². The third-order valence-electron chi connectivity index (χ3n) is 5.07. The van der Waals surface area contributed by atoms with Crippen LogP contribution in [0.5, 0.6) is 0 Å². The lowest BCUT2D eigenvalue weighted by molar-refractivity contribution is -0.139. The largest absolute Gasteiger partial charge is 0.467 e. The molecular formula is C20H24N6O4. The van der Waals surface area contributed by atoms with E-state index in [1.54, 1.807) is 37.5 Å². The first-order valence-corrected chi connectivity index (χ1v) is 9.91. The number of esters is 1. The van der Waals surface area contributed by atoms with Crippen LogP contribution in [0.3, 0.4) is 0 Å². The minimum atomic E-state index is -0.693. The van der Waals surface area contributed by atoms with Crippen LogP contribution >= 0.6 is 0 Å². The zero-order valence-electron chi connectivity index (χ0n) is 16.7. The van der Waals surface area contributed by atoms with Crippen LogP contribution in [0.2, 0.25) is 0 Å². The number of aromatic nitrogens is 2. The maximum Gasteiger partial charge on any atom is 0.338 e. The topological polar surface area (TPSA) is 113 Å². The van der Waals surface area contributed by atoms with Crippen molar-refractivity contribution < 1.29 is 18.7 Å². The van der Waals surface area contributed by atoms with E-state index in [2.05, 4.69) is 30.4 Å². The molecule has 2 aliphatic rings. The van der Waals surface area contributed by atoms with Crippen molar-refractivity contribution >= 4 is 17.9 Å². The number of amides is 2. The molecule has 1 fully saturated rings. The number of nitrogens with zero attached hydrogens (tertiary/aromatic N) is 4. The van der Waals surface area contributed by atoms with Crippen LogP contribution in [0.1, 0.15) is 18.7 Å². The number of furan rings is 1. The van der Waals surface area contributed by atoms with Gasteiger partial charge in [0.15, 0.2) is 0 Å². The molecule has 4 rings (SSSR count). The van der Waals surface area contributed by atoms with Crippen LogP contribution in [-0.4, -0.2) is 66.2 Å². The zero-order chi connectivity index (χ0) is 20.9. The molecule has 30 heavy (non-hydrogen) atoms. The van der Waals surface area contributed by atoms with Crippen molar-refractivity contribution in [3.05, 3.63) is 53.9 Å². The number of anilines is 1. The summed E-state index contributed by atoms with van der Waals surface area (Å²) in [6, 6.07) is 4.17. The maximum atomic E-state index is 12.7. The Morgan fingerprint density at radius 2 is 2.00 bits per heavy atom. The normalized spacial score (nSPS) is 20.0. The van der Waals surface area contributed by atoms with E-state index in [4.69, 9.17) is 9.15 Å². The lowest BCUT2D eigenvalue weighted by Crippen LogP contribution is -2.52. The Balaban J connectivity index is 1.53. The molecule has 0 aromatic carbocycles. The summed E-state index contributed by atoms with van der Waals surface area (Å²) >= 11 is 0. The highest BCUT2D eigenvalue weighted by Crippen LogP contribution is 2.28. The van der Waals surface area contributed by atoms with Gasteiger partial charge in [0.2, 0.25) is 5.95 Å². The predicted octanol–water partition coefficient (Wildman–Crippen LogP) is 1.06. The maximum absolute atomic E-state index is 12.7. The van der Waals surface area contributed by atoms with E-state index in [-0.39, 0.29) is 12.6 Å². The van der Waals surface area contributed by atoms with E-state index in [9.17, 15) is 9.59 Å². The Bertz CT molecular complexity index is 907. The SMILES string of the molecule is CCOC(=O)C1=C(CN2CCN(c3ncccn3)CC2)NC(=O)N[C@H]1c1ccco1. The molecule has 0 bridgehead atoms.